The van der Waals surface area contributed by atoms with Crippen LogP contribution in [-0.4, -0.2) is 46.6 Å². The van der Waals surface area contributed by atoms with Crippen LogP contribution in [0.15, 0.2) is 41.8 Å². The van der Waals surface area contributed by atoms with Gasteiger partial charge in [-0.2, -0.15) is 4.68 Å². The number of amides is 1. The van der Waals surface area contributed by atoms with Crippen molar-refractivity contribution in [3.8, 4) is 10.7 Å². The highest BCUT2D eigenvalue weighted by atomic mass is 32.1. The minimum absolute atomic E-state index is 0.144. The van der Waals surface area contributed by atoms with Crippen LogP contribution in [0.5, 0.6) is 0 Å². The summed E-state index contributed by atoms with van der Waals surface area (Å²) in [6.07, 6.45) is 2.22. The molecule has 2 atom stereocenters. The van der Waals surface area contributed by atoms with E-state index in [0.29, 0.717) is 23.7 Å². The number of anilines is 1. The Balaban J connectivity index is 1.47. The predicted molar refractivity (Wildman–Crippen MR) is 120 cm³/mol. The molecule has 0 bridgehead atoms. The SMILES string of the molecule is C[NH+](CC(=O)Nc1cccc(F)c1)Cn1nc(-c2cccs2)n(C[C@H]2CCCO2)c1=S. The molecule has 3 heterocycles. The number of carbonyl (C=O) groups excluding carboxylic acids is 1. The number of aromatic nitrogens is 3. The lowest BCUT2D eigenvalue weighted by molar-refractivity contribution is -0.895. The molecule has 1 saturated heterocycles. The van der Waals surface area contributed by atoms with Crippen LogP contribution in [0.3, 0.4) is 0 Å². The molecule has 1 aromatic carbocycles. The average molecular weight is 463 g/mol. The Morgan fingerprint density at radius 2 is 2.29 bits per heavy atom. The molecule has 164 valence electrons. The number of hydrogen-bond acceptors (Lipinski definition) is 5. The summed E-state index contributed by atoms with van der Waals surface area (Å²) in [5.41, 5.74) is 0.440. The molecule has 2 aromatic heterocycles. The van der Waals surface area contributed by atoms with Gasteiger partial charge in [-0.15, -0.1) is 16.4 Å². The predicted octanol–water partition coefficient (Wildman–Crippen LogP) is 2.57. The zero-order valence-electron chi connectivity index (χ0n) is 17.2. The lowest BCUT2D eigenvalue weighted by Crippen LogP contribution is -3.09. The van der Waals surface area contributed by atoms with E-state index in [1.165, 1.54) is 12.1 Å². The minimum atomic E-state index is -0.386. The van der Waals surface area contributed by atoms with Gasteiger partial charge in [-0.25, -0.2) is 4.39 Å². The van der Waals surface area contributed by atoms with Crippen molar-refractivity contribution < 1.29 is 18.8 Å². The first kappa shape index (κ1) is 21.8. The molecule has 0 saturated carbocycles. The monoisotopic (exact) mass is 462 g/mol. The quantitative estimate of drug-likeness (QED) is 0.505. The van der Waals surface area contributed by atoms with Gasteiger partial charge in [0.1, 0.15) is 5.82 Å². The molecular formula is C21H25FN5O2S2+. The molecular weight excluding hydrogens is 437 g/mol. The summed E-state index contributed by atoms with van der Waals surface area (Å²) in [7, 11) is 1.90. The average Bonchev–Trinajstić information content (AvgIpc) is 3.47. The van der Waals surface area contributed by atoms with Gasteiger partial charge in [0.2, 0.25) is 4.77 Å². The zero-order chi connectivity index (χ0) is 21.8. The van der Waals surface area contributed by atoms with Gasteiger partial charge >= 0.3 is 0 Å². The smallest absolute Gasteiger partial charge is 0.279 e. The lowest BCUT2D eigenvalue weighted by Gasteiger charge is -2.14. The van der Waals surface area contributed by atoms with E-state index in [4.69, 9.17) is 22.1 Å². The van der Waals surface area contributed by atoms with E-state index < -0.39 is 0 Å². The van der Waals surface area contributed by atoms with Crippen LogP contribution >= 0.6 is 23.6 Å². The van der Waals surface area contributed by atoms with Gasteiger partial charge in [-0.1, -0.05) is 12.1 Å². The van der Waals surface area contributed by atoms with Gasteiger partial charge in [-0.05, 0) is 54.7 Å². The van der Waals surface area contributed by atoms with E-state index in [1.807, 2.05) is 29.1 Å². The Bertz CT molecular complexity index is 1090. The Morgan fingerprint density at radius 3 is 3.00 bits per heavy atom. The van der Waals surface area contributed by atoms with Crippen LogP contribution in [0.25, 0.3) is 10.7 Å². The van der Waals surface area contributed by atoms with E-state index in [9.17, 15) is 9.18 Å². The maximum atomic E-state index is 13.3. The fourth-order valence-corrected chi connectivity index (χ4v) is 4.63. The van der Waals surface area contributed by atoms with Crippen molar-refractivity contribution in [2.45, 2.75) is 32.2 Å². The second-order valence-corrected chi connectivity index (χ2v) is 8.99. The molecule has 2 N–H and O–H groups in total. The second-order valence-electron chi connectivity index (χ2n) is 7.68. The van der Waals surface area contributed by atoms with Crippen molar-refractivity contribution in [1.82, 2.24) is 14.3 Å². The van der Waals surface area contributed by atoms with Crippen molar-refractivity contribution in [2.75, 3.05) is 25.5 Å². The van der Waals surface area contributed by atoms with Crippen molar-refractivity contribution in [2.24, 2.45) is 0 Å². The van der Waals surface area contributed by atoms with Crippen LogP contribution in [0.4, 0.5) is 10.1 Å². The number of quaternary nitrogens is 1. The third-order valence-corrected chi connectivity index (χ3v) is 6.36. The van der Waals surface area contributed by atoms with E-state index in [1.54, 1.807) is 28.2 Å². The lowest BCUT2D eigenvalue weighted by atomic mass is 10.2. The number of thiophene rings is 1. The van der Waals surface area contributed by atoms with Gasteiger partial charge in [0, 0.05) is 12.3 Å². The van der Waals surface area contributed by atoms with E-state index >= 15 is 0 Å². The van der Waals surface area contributed by atoms with E-state index in [0.717, 1.165) is 35.0 Å². The van der Waals surface area contributed by atoms with E-state index in [2.05, 4.69) is 5.32 Å². The summed E-state index contributed by atoms with van der Waals surface area (Å²) in [4.78, 5) is 14.3. The van der Waals surface area contributed by atoms with Crippen LogP contribution in [-0.2, 0) is 22.7 Å². The Kier molecular flexibility index (Phi) is 6.91. The number of hydrogen-bond donors (Lipinski definition) is 2. The molecule has 3 aromatic rings. The number of rotatable bonds is 8. The highest BCUT2D eigenvalue weighted by Crippen LogP contribution is 2.25. The number of benzene rings is 1. The summed E-state index contributed by atoms with van der Waals surface area (Å²) in [5.74, 6) is 0.238. The first-order valence-electron chi connectivity index (χ1n) is 10.2. The van der Waals surface area contributed by atoms with Crippen LogP contribution in [0.1, 0.15) is 12.8 Å². The normalized spacial score (nSPS) is 17.0. The molecule has 0 radical (unpaired) electrons. The fraction of sp³-hybridized carbons (Fsp3) is 0.381. The number of nitrogens with zero attached hydrogens (tertiary/aromatic N) is 3. The molecule has 0 spiro atoms. The Hall–Kier alpha value is -2.40. The highest BCUT2D eigenvalue weighted by Gasteiger charge is 2.22. The molecule has 1 aliphatic heterocycles. The molecule has 7 nitrogen and oxygen atoms in total. The molecule has 10 heteroatoms. The third-order valence-electron chi connectivity index (χ3n) is 5.06. The number of ether oxygens (including phenoxy) is 1. The molecule has 1 unspecified atom stereocenters. The number of likely N-dealkylation sites (N-methyl/N-ethyl adjacent to an activating group) is 1. The molecule has 31 heavy (non-hydrogen) atoms. The van der Waals surface area contributed by atoms with E-state index in [-0.39, 0.29) is 24.4 Å². The molecule has 1 fully saturated rings. The summed E-state index contributed by atoms with van der Waals surface area (Å²) in [6.45, 7) is 2.09. The zero-order valence-corrected chi connectivity index (χ0v) is 18.8. The largest absolute Gasteiger partial charge is 0.376 e. The summed E-state index contributed by atoms with van der Waals surface area (Å²) < 4.78 is 23.6. The van der Waals surface area contributed by atoms with Crippen LogP contribution in [0, 0.1) is 10.6 Å². The first-order valence-corrected chi connectivity index (χ1v) is 11.5. The maximum absolute atomic E-state index is 13.3. The summed E-state index contributed by atoms with van der Waals surface area (Å²) in [6, 6.07) is 9.88. The highest BCUT2D eigenvalue weighted by molar-refractivity contribution is 7.71. The van der Waals surface area contributed by atoms with Gasteiger partial charge in [-0.3, -0.25) is 9.36 Å². The van der Waals surface area contributed by atoms with Gasteiger partial charge in [0.25, 0.3) is 5.91 Å². The Labute approximate surface area is 189 Å². The standard InChI is InChI=1S/C21H24FN5O2S2/c1-25(13-19(28)23-16-6-2-5-15(22)11-16)14-27-21(30)26(12-17-7-3-9-29-17)20(24-27)18-8-4-10-31-18/h2,4-6,8,10-11,17H,3,7,9,12-14H2,1H3,(H,23,28)/p+1/t17-/m1/s1. The van der Waals surface area contributed by atoms with Crippen LogP contribution < -0.4 is 10.2 Å². The molecule has 1 aliphatic rings. The topological polar surface area (TPSA) is 65.5 Å². The summed E-state index contributed by atoms with van der Waals surface area (Å²) in [5, 5.41) is 9.51. The van der Waals surface area contributed by atoms with Crippen molar-refractivity contribution in [3.63, 3.8) is 0 Å². The van der Waals surface area contributed by atoms with Gasteiger partial charge in [0.05, 0.1) is 24.6 Å². The number of carbonyl (C=O) groups is 1. The fourth-order valence-electron chi connectivity index (χ4n) is 3.65. The first-order chi connectivity index (χ1) is 15.0. The van der Waals surface area contributed by atoms with Gasteiger partial charge in [0.15, 0.2) is 19.0 Å². The van der Waals surface area contributed by atoms with Crippen molar-refractivity contribution in [3.05, 3.63) is 52.4 Å². The van der Waals surface area contributed by atoms with Gasteiger partial charge < -0.3 is 15.0 Å². The second kappa shape index (κ2) is 9.82. The minimum Gasteiger partial charge on any atom is -0.376 e. The molecule has 0 aliphatic carbocycles. The molecule has 4 rings (SSSR count). The van der Waals surface area contributed by atoms with Crippen molar-refractivity contribution in [1.29, 1.82) is 0 Å². The summed E-state index contributed by atoms with van der Waals surface area (Å²) >= 11 is 7.35. The number of halogens is 1. The van der Waals surface area contributed by atoms with Crippen LogP contribution in [0.2, 0.25) is 0 Å². The molecule has 1 amide bonds. The third kappa shape index (κ3) is 5.45. The Morgan fingerprint density at radius 1 is 1.42 bits per heavy atom. The van der Waals surface area contributed by atoms with Crippen molar-refractivity contribution >= 4 is 35.1 Å². The maximum Gasteiger partial charge on any atom is 0.279 e. The number of nitrogens with one attached hydrogen (secondary N) is 2.